The zero-order valence-corrected chi connectivity index (χ0v) is 10.5. The van der Waals surface area contributed by atoms with Crippen LogP contribution in [0.5, 0.6) is 0 Å². The van der Waals surface area contributed by atoms with Gasteiger partial charge in [0.1, 0.15) is 0 Å². The first-order chi connectivity index (χ1) is 8.20. The van der Waals surface area contributed by atoms with E-state index in [2.05, 4.69) is 15.6 Å². The average molecular weight is 242 g/mol. The lowest BCUT2D eigenvalue weighted by molar-refractivity contribution is -0.119. The lowest BCUT2D eigenvalue weighted by Crippen LogP contribution is -2.24. The number of nitrogens with zero attached hydrogens (tertiary/aromatic N) is 2. The molecule has 0 aliphatic heterocycles. The van der Waals surface area contributed by atoms with Crippen LogP contribution in [-0.4, -0.2) is 56.2 Å². The monoisotopic (exact) mass is 242 g/mol. The molecule has 0 aromatic heterocycles. The van der Waals surface area contributed by atoms with Crippen LogP contribution >= 0.6 is 0 Å². The quantitative estimate of drug-likeness (QED) is 0.221. The van der Waals surface area contributed by atoms with Crippen LogP contribution in [0, 0.1) is 0 Å². The van der Waals surface area contributed by atoms with Crippen molar-refractivity contribution in [2.45, 2.75) is 12.8 Å². The van der Waals surface area contributed by atoms with Crippen molar-refractivity contribution in [2.24, 2.45) is 4.99 Å². The summed E-state index contributed by atoms with van der Waals surface area (Å²) in [6.07, 6.45) is 6.15. The van der Waals surface area contributed by atoms with E-state index in [1.807, 2.05) is 11.9 Å². The number of carbonyl (C=O) groups excluding carboxylic acids is 1. The summed E-state index contributed by atoms with van der Waals surface area (Å²) in [7, 11) is 3.46. The Kier molecular flexibility index (Phi) is 10.2. The molecule has 0 atom stereocenters. The van der Waals surface area contributed by atoms with Gasteiger partial charge in [-0.05, 0) is 13.5 Å². The summed E-state index contributed by atoms with van der Waals surface area (Å²) in [6, 6.07) is 0. The highest BCUT2D eigenvalue weighted by Gasteiger charge is 1.92. The second-order valence-corrected chi connectivity index (χ2v) is 3.57. The first-order valence-corrected chi connectivity index (χ1v) is 5.60. The van der Waals surface area contributed by atoms with Gasteiger partial charge in [0.2, 0.25) is 5.91 Å². The summed E-state index contributed by atoms with van der Waals surface area (Å²) in [5, 5.41) is 14.3. The van der Waals surface area contributed by atoms with Gasteiger partial charge in [-0.2, -0.15) is 0 Å². The van der Waals surface area contributed by atoms with Crippen LogP contribution in [0.15, 0.2) is 17.3 Å². The number of nitrogens with one attached hydrogen (secondary N) is 2. The van der Waals surface area contributed by atoms with Gasteiger partial charge >= 0.3 is 0 Å². The van der Waals surface area contributed by atoms with E-state index in [-0.39, 0.29) is 12.6 Å². The molecule has 0 fully saturated rings. The molecular weight excluding hydrogens is 220 g/mol. The minimum absolute atomic E-state index is 0.0311. The van der Waals surface area contributed by atoms with E-state index < -0.39 is 0 Å². The van der Waals surface area contributed by atoms with Crippen molar-refractivity contribution >= 4 is 12.2 Å². The molecular formula is C11H22N4O2. The third kappa shape index (κ3) is 10.9. The maximum atomic E-state index is 10.8. The molecule has 3 N–H and O–H groups in total. The first kappa shape index (κ1) is 15.6. The molecule has 6 nitrogen and oxygen atoms in total. The number of amides is 1. The molecule has 0 rings (SSSR count). The van der Waals surface area contributed by atoms with Crippen LogP contribution in [0.2, 0.25) is 0 Å². The van der Waals surface area contributed by atoms with Gasteiger partial charge in [0.15, 0.2) is 0 Å². The maximum absolute atomic E-state index is 10.8. The van der Waals surface area contributed by atoms with Gasteiger partial charge in [0.25, 0.3) is 0 Å². The molecule has 0 aromatic carbocycles. The highest BCUT2D eigenvalue weighted by molar-refractivity contribution is 5.77. The lowest BCUT2D eigenvalue weighted by Gasteiger charge is -2.11. The highest BCUT2D eigenvalue weighted by atomic mass is 16.3. The van der Waals surface area contributed by atoms with Crippen molar-refractivity contribution in [3.63, 3.8) is 0 Å². The Labute approximate surface area is 102 Å². The Morgan fingerprint density at radius 2 is 2.29 bits per heavy atom. The topological polar surface area (TPSA) is 77.0 Å². The van der Waals surface area contributed by atoms with Gasteiger partial charge < -0.3 is 15.7 Å². The molecule has 0 bridgehead atoms. The summed E-state index contributed by atoms with van der Waals surface area (Å²) in [4.78, 5) is 16.6. The van der Waals surface area contributed by atoms with Crippen molar-refractivity contribution in [3.05, 3.63) is 12.3 Å². The molecule has 98 valence electrons. The zero-order valence-electron chi connectivity index (χ0n) is 10.5. The first-order valence-electron chi connectivity index (χ1n) is 5.60. The summed E-state index contributed by atoms with van der Waals surface area (Å²) >= 11 is 0. The van der Waals surface area contributed by atoms with E-state index in [1.54, 1.807) is 25.7 Å². The Hall–Kier alpha value is -1.40. The van der Waals surface area contributed by atoms with Gasteiger partial charge in [0.05, 0.1) is 13.1 Å². The van der Waals surface area contributed by atoms with E-state index in [1.165, 1.54) is 0 Å². The molecule has 0 saturated heterocycles. The number of aliphatic hydroxyl groups is 1. The van der Waals surface area contributed by atoms with Crippen molar-refractivity contribution < 1.29 is 9.90 Å². The van der Waals surface area contributed by atoms with Gasteiger partial charge in [-0.3, -0.25) is 9.69 Å². The Morgan fingerprint density at radius 3 is 2.94 bits per heavy atom. The fourth-order valence-corrected chi connectivity index (χ4v) is 1.00. The van der Waals surface area contributed by atoms with Gasteiger partial charge in [-0.15, -0.1) is 0 Å². The van der Waals surface area contributed by atoms with Gasteiger partial charge in [-0.1, -0.05) is 6.08 Å². The predicted molar refractivity (Wildman–Crippen MR) is 68.7 cm³/mol. The molecule has 0 saturated carbocycles. The molecule has 0 spiro atoms. The zero-order chi connectivity index (χ0) is 12.9. The average Bonchev–Trinajstić information content (AvgIpc) is 2.35. The van der Waals surface area contributed by atoms with Crippen LogP contribution in [0.25, 0.3) is 0 Å². The second-order valence-electron chi connectivity index (χ2n) is 3.57. The number of hydrogen-bond acceptors (Lipinski definition) is 4. The number of carbonyl (C=O) groups is 1. The van der Waals surface area contributed by atoms with E-state index in [0.717, 1.165) is 19.5 Å². The van der Waals surface area contributed by atoms with Crippen molar-refractivity contribution in [1.82, 2.24) is 15.5 Å². The summed E-state index contributed by atoms with van der Waals surface area (Å²) < 4.78 is 0. The number of rotatable bonds is 9. The Balaban J connectivity index is 3.39. The van der Waals surface area contributed by atoms with Crippen LogP contribution in [-0.2, 0) is 4.79 Å². The molecule has 0 aliphatic carbocycles. The minimum Gasteiger partial charge on any atom is -0.381 e. The van der Waals surface area contributed by atoms with Crippen molar-refractivity contribution in [3.8, 4) is 0 Å². The summed E-state index contributed by atoms with van der Waals surface area (Å²) in [6.45, 7) is 1.72. The Morgan fingerprint density at radius 1 is 1.53 bits per heavy atom. The highest BCUT2D eigenvalue weighted by Crippen LogP contribution is 1.84. The molecule has 17 heavy (non-hydrogen) atoms. The molecule has 0 aliphatic rings. The predicted octanol–water partition coefficient (Wildman–Crippen LogP) is -0.474. The van der Waals surface area contributed by atoms with E-state index in [0.29, 0.717) is 6.42 Å². The third-order valence-corrected chi connectivity index (χ3v) is 2.04. The van der Waals surface area contributed by atoms with E-state index in [9.17, 15) is 4.79 Å². The van der Waals surface area contributed by atoms with Gasteiger partial charge in [0, 0.05) is 32.8 Å². The van der Waals surface area contributed by atoms with E-state index in [4.69, 9.17) is 5.11 Å². The van der Waals surface area contributed by atoms with Crippen LogP contribution < -0.4 is 10.6 Å². The third-order valence-electron chi connectivity index (χ3n) is 2.04. The largest absolute Gasteiger partial charge is 0.381 e. The second kappa shape index (κ2) is 11.1. The standard InChI is InChI=1S/C11H22N4O2/c1-12-11(17)5-3-6-13-9-14-7-4-8-15(2)10-16/h3,6,9,16H,4-5,7-8,10H2,1-2H3,(H,12,17)(H,13,14)/b6-3-. The van der Waals surface area contributed by atoms with Crippen LogP contribution in [0.4, 0.5) is 0 Å². The van der Waals surface area contributed by atoms with Crippen molar-refractivity contribution in [2.75, 3.05) is 33.9 Å². The fourth-order valence-electron chi connectivity index (χ4n) is 1.00. The van der Waals surface area contributed by atoms with Crippen LogP contribution in [0.1, 0.15) is 12.8 Å². The molecule has 6 heteroatoms. The molecule has 0 radical (unpaired) electrons. The fraction of sp³-hybridized carbons (Fsp3) is 0.636. The molecule has 0 aromatic rings. The molecule has 0 unspecified atom stereocenters. The van der Waals surface area contributed by atoms with Crippen LogP contribution in [0.3, 0.4) is 0 Å². The number of aliphatic imine (C=N–C) groups is 1. The normalized spacial score (nSPS) is 11.5. The van der Waals surface area contributed by atoms with E-state index >= 15 is 0 Å². The Bertz CT molecular complexity index is 254. The number of aliphatic hydroxyl groups excluding tert-OH is 1. The molecule has 1 amide bonds. The number of hydrogen-bond donors (Lipinski definition) is 3. The maximum Gasteiger partial charge on any atom is 0.223 e. The lowest BCUT2D eigenvalue weighted by atomic mass is 10.4. The van der Waals surface area contributed by atoms with Crippen molar-refractivity contribution in [1.29, 1.82) is 0 Å². The summed E-state index contributed by atoms with van der Waals surface area (Å²) in [5.41, 5.74) is 0. The SMILES string of the molecule is CNC(=O)C/C=C\N=C\NCCCN(C)CO. The smallest absolute Gasteiger partial charge is 0.223 e. The minimum atomic E-state index is -0.0311. The van der Waals surface area contributed by atoms with Gasteiger partial charge in [-0.25, -0.2) is 4.99 Å². The molecule has 0 heterocycles. The summed E-state index contributed by atoms with van der Waals surface area (Å²) in [5.74, 6) is -0.0311.